The van der Waals surface area contributed by atoms with Crippen LogP contribution in [0.5, 0.6) is 0 Å². The molecule has 5 nitrogen and oxygen atoms in total. The van der Waals surface area contributed by atoms with Gasteiger partial charge in [-0.2, -0.15) is 0 Å². The maximum Gasteiger partial charge on any atom is 0.222 e. The van der Waals surface area contributed by atoms with E-state index in [-0.39, 0.29) is 36.3 Å². The van der Waals surface area contributed by atoms with E-state index in [1.807, 2.05) is 4.90 Å². The number of amides is 2. The molecule has 2 heterocycles. The monoisotopic (exact) mass is 345 g/mol. The predicted octanol–water partition coefficient (Wildman–Crippen LogP) is 2.05. The summed E-state index contributed by atoms with van der Waals surface area (Å²) in [4.78, 5) is 28.5. The number of carbonyl (C=O) groups excluding carboxylic acids is 2. The summed E-state index contributed by atoms with van der Waals surface area (Å²) in [5.41, 5.74) is 0. The number of rotatable bonds is 5. The number of hydrogen-bond acceptors (Lipinski definition) is 3. The summed E-state index contributed by atoms with van der Waals surface area (Å²) in [6, 6.07) is 0.360. The highest BCUT2D eigenvalue weighted by Gasteiger charge is 2.35. The van der Waals surface area contributed by atoms with E-state index in [0.29, 0.717) is 25.4 Å². The van der Waals surface area contributed by atoms with Crippen molar-refractivity contribution in [1.82, 2.24) is 15.1 Å². The first-order chi connectivity index (χ1) is 10.6. The normalized spacial score (nSPS) is 27.7. The predicted molar refractivity (Wildman–Crippen MR) is 94.7 cm³/mol. The van der Waals surface area contributed by atoms with Crippen LogP contribution in [-0.4, -0.2) is 59.9 Å². The molecule has 0 radical (unpaired) electrons. The van der Waals surface area contributed by atoms with Crippen molar-refractivity contribution in [3.63, 3.8) is 0 Å². The molecule has 3 unspecified atom stereocenters. The number of piperazine rings is 1. The van der Waals surface area contributed by atoms with E-state index in [1.165, 1.54) is 6.42 Å². The Morgan fingerprint density at radius 1 is 1.09 bits per heavy atom. The van der Waals surface area contributed by atoms with Gasteiger partial charge in [0.05, 0.1) is 0 Å². The Hall–Kier alpha value is -0.810. The van der Waals surface area contributed by atoms with Gasteiger partial charge in [0, 0.05) is 38.5 Å². The quantitative estimate of drug-likeness (QED) is 0.829. The lowest BCUT2D eigenvalue weighted by Gasteiger charge is -2.46. The lowest BCUT2D eigenvalue weighted by molar-refractivity contribution is -0.146. The Morgan fingerprint density at radius 2 is 1.70 bits per heavy atom. The first kappa shape index (κ1) is 20.2. The van der Waals surface area contributed by atoms with Gasteiger partial charge in [0.15, 0.2) is 0 Å². The van der Waals surface area contributed by atoms with E-state index in [0.717, 1.165) is 32.4 Å². The molecule has 2 aliphatic heterocycles. The fourth-order valence-corrected chi connectivity index (χ4v) is 3.77. The van der Waals surface area contributed by atoms with Crippen LogP contribution >= 0.6 is 12.4 Å². The Kier molecular flexibility index (Phi) is 8.34. The molecule has 6 heteroatoms. The van der Waals surface area contributed by atoms with Crippen molar-refractivity contribution in [2.45, 2.75) is 65.0 Å². The van der Waals surface area contributed by atoms with Crippen LogP contribution in [0.25, 0.3) is 0 Å². The van der Waals surface area contributed by atoms with E-state index < -0.39 is 0 Å². The highest BCUT2D eigenvalue weighted by Crippen LogP contribution is 2.22. The summed E-state index contributed by atoms with van der Waals surface area (Å²) in [7, 11) is 0. The number of carbonyl (C=O) groups is 2. The molecule has 1 N–H and O–H groups in total. The first-order valence-corrected chi connectivity index (χ1v) is 8.84. The molecule has 2 fully saturated rings. The minimum Gasteiger partial charge on any atom is -0.336 e. The summed E-state index contributed by atoms with van der Waals surface area (Å²) >= 11 is 0. The molecule has 2 rings (SSSR count). The minimum atomic E-state index is 0. The Morgan fingerprint density at radius 3 is 2.22 bits per heavy atom. The van der Waals surface area contributed by atoms with Gasteiger partial charge < -0.3 is 15.1 Å². The molecular formula is C17H32ClN3O2. The van der Waals surface area contributed by atoms with Crippen molar-refractivity contribution in [1.29, 1.82) is 0 Å². The molecule has 0 bridgehead atoms. The third-order valence-electron chi connectivity index (χ3n) is 5.29. The first-order valence-electron chi connectivity index (χ1n) is 8.84. The van der Waals surface area contributed by atoms with Crippen molar-refractivity contribution in [2.24, 2.45) is 5.92 Å². The van der Waals surface area contributed by atoms with Gasteiger partial charge >= 0.3 is 0 Å². The van der Waals surface area contributed by atoms with E-state index in [2.05, 4.69) is 24.1 Å². The largest absolute Gasteiger partial charge is 0.336 e. The fourth-order valence-electron chi connectivity index (χ4n) is 3.77. The Balaban J connectivity index is 0.00000264. The highest BCUT2D eigenvalue weighted by atomic mass is 35.5. The van der Waals surface area contributed by atoms with Gasteiger partial charge in [0.1, 0.15) is 0 Å². The van der Waals surface area contributed by atoms with Crippen LogP contribution in [0, 0.1) is 5.92 Å². The smallest absolute Gasteiger partial charge is 0.222 e. The standard InChI is InChI=1S/C17H31N3O2.ClH/c1-4-15-12-20(16(5-2)11-19(15)13(3)21)17(22)7-6-14-8-9-18-10-14;/h14-16,18H,4-12H2,1-3H3;1H. The molecule has 0 aromatic heterocycles. The van der Waals surface area contributed by atoms with E-state index in [9.17, 15) is 9.59 Å². The summed E-state index contributed by atoms with van der Waals surface area (Å²) in [5, 5.41) is 3.36. The molecule has 0 aromatic carbocycles. The van der Waals surface area contributed by atoms with Crippen LogP contribution in [0.2, 0.25) is 0 Å². The van der Waals surface area contributed by atoms with E-state index in [4.69, 9.17) is 0 Å². The fraction of sp³-hybridized carbons (Fsp3) is 0.882. The Bertz CT molecular complexity index is 399. The zero-order valence-corrected chi connectivity index (χ0v) is 15.5. The lowest BCUT2D eigenvalue weighted by Crippen LogP contribution is -2.60. The number of nitrogens with one attached hydrogen (secondary N) is 1. The topological polar surface area (TPSA) is 52.7 Å². The second-order valence-electron chi connectivity index (χ2n) is 6.74. The van der Waals surface area contributed by atoms with Crippen LogP contribution in [-0.2, 0) is 9.59 Å². The molecule has 2 amide bonds. The molecule has 0 saturated carbocycles. The highest BCUT2D eigenvalue weighted by molar-refractivity contribution is 5.85. The summed E-state index contributed by atoms with van der Waals surface area (Å²) in [6.45, 7) is 9.39. The number of hydrogen-bond donors (Lipinski definition) is 1. The second kappa shape index (κ2) is 9.48. The minimum absolute atomic E-state index is 0. The SMILES string of the molecule is CCC1CN(C(=O)CCC2CCNC2)C(CC)CN1C(C)=O.Cl. The molecule has 23 heavy (non-hydrogen) atoms. The van der Waals surface area contributed by atoms with Crippen molar-refractivity contribution in [3.8, 4) is 0 Å². The molecule has 134 valence electrons. The van der Waals surface area contributed by atoms with Gasteiger partial charge in [-0.3, -0.25) is 9.59 Å². The maximum atomic E-state index is 12.7. The number of nitrogens with zero attached hydrogens (tertiary/aromatic N) is 2. The van der Waals surface area contributed by atoms with Gasteiger partial charge in [-0.15, -0.1) is 12.4 Å². The third kappa shape index (κ3) is 5.08. The molecule has 0 spiro atoms. The molecular weight excluding hydrogens is 314 g/mol. The molecule has 3 atom stereocenters. The molecule has 2 aliphatic rings. The van der Waals surface area contributed by atoms with Crippen LogP contribution in [0.3, 0.4) is 0 Å². The Labute approximate surface area is 146 Å². The summed E-state index contributed by atoms with van der Waals surface area (Å²) in [5.74, 6) is 1.07. The van der Waals surface area contributed by atoms with Gasteiger partial charge in [-0.1, -0.05) is 13.8 Å². The van der Waals surface area contributed by atoms with E-state index >= 15 is 0 Å². The van der Waals surface area contributed by atoms with Crippen molar-refractivity contribution in [3.05, 3.63) is 0 Å². The van der Waals surface area contributed by atoms with Crippen molar-refractivity contribution < 1.29 is 9.59 Å². The summed E-state index contributed by atoms with van der Waals surface area (Å²) < 4.78 is 0. The third-order valence-corrected chi connectivity index (χ3v) is 5.29. The van der Waals surface area contributed by atoms with Crippen LogP contribution in [0.1, 0.15) is 52.9 Å². The number of halogens is 1. The molecule has 0 aromatic rings. The van der Waals surface area contributed by atoms with Crippen molar-refractivity contribution in [2.75, 3.05) is 26.2 Å². The van der Waals surface area contributed by atoms with Crippen LogP contribution < -0.4 is 5.32 Å². The maximum absolute atomic E-state index is 12.7. The zero-order chi connectivity index (χ0) is 16.1. The molecule has 0 aliphatic carbocycles. The zero-order valence-electron chi connectivity index (χ0n) is 14.7. The van der Waals surface area contributed by atoms with Crippen LogP contribution in [0.15, 0.2) is 0 Å². The molecule has 2 saturated heterocycles. The van der Waals surface area contributed by atoms with Gasteiger partial charge in [0.2, 0.25) is 11.8 Å². The average molecular weight is 346 g/mol. The van der Waals surface area contributed by atoms with Gasteiger partial charge in [-0.25, -0.2) is 0 Å². The van der Waals surface area contributed by atoms with E-state index in [1.54, 1.807) is 6.92 Å². The second-order valence-corrected chi connectivity index (χ2v) is 6.74. The van der Waals surface area contributed by atoms with Gasteiger partial charge in [0.25, 0.3) is 0 Å². The summed E-state index contributed by atoms with van der Waals surface area (Å²) in [6.07, 6.45) is 4.66. The average Bonchev–Trinajstić information content (AvgIpc) is 3.04. The lowest BCUT2D eigenvalue weighted by atomic mass is 9.99. The van der Waals surface area contributed by atoms with Crippen LogP contribution in [0.4, 0.5) is 0 Å². The van der Waals surface area contributed by atoms with Crippen molar-refractivity contribution >= 4 is 24.2 Å². The van der Waals surface area contributed by atoms with Gasteiger partial charge in [-0.05, 0) is 44.7 Å².